The van der Waals surface area contributed by atoms with E-state index >= 15 is 0 Å². The molecule has 0 fully saturated rings. The highest BCUT2D eigenvalue weighted by atomic mass is 32.1. The Hall–Kier alpha value is -14.2. The number of nitrogens with zero attached hydrogens (tertiary/aromatic N) is 9. The lowest BCUT2D eigenvalue weighted by Gasteiger charge is -2.13. The fourth-order valence-corrected chi connectivity index (χ4v) is 17.8. The summed E-state index contributed by atoms with van der Waals surface area (Å²) in [6.45, 7) is 0. The molecule has 22 rings (SSSR count). The Bertz CT molecular complexity index is 7380. The molecule has 9 nitrogen and oxygen atoms in total. The molecular weight excluding hydrogens is 1320 g/mol. The lowest BCUT2D eigenvalue weighted by molar-refractivity contribution is 0.953. The lowest BCUT2D eigenvalue weighted by Crippen LogP contribution is -2.06. The molecule has 0 N–H and O–H groups in total. The third kappa shape index (κ3) is 9.81. The summed E-state index contributed by atoms with van der Waals surface area (Å²) in [5.74, 6) is 2.33. The van der Waals surface area contributed by atoms with E-state index in [1.807, 2.05) is 23.6 Å². The van der Waals surface area contributed by atoms with Gasteiger partial charge in [-0.3, -0.25) is 9.13 Å². The van der Waals surface area contributed by atoms with Gasteiger partial charge in [-0.05, 0) is 166 Å². The predicted octanol–water partition coefficient (Wildman–Crippen LogP) is 25.1. The van der Waals surface area contributed by atoms with Gasteiger partial charge in [0.2, 0.25) is 11.9 Å². The summed E-state index contributed by atoms with van der Waals surface area (Å²) in [5, 5.41) is 11.8. The van der Waals surface area contributed by atoms with Gasteiger partial charge in [-0.25, -0.2) is 15.0 Å². The Balaban J connectivity index is 0.611. The van der Waals surface area contributed by atoms with Crippen molar-refractivity contribution in [2.24, 2.45) is 0 Å². The second-order valence-corrected chi connectivity index (χ2v) is 28.6. The average Bonchev–Trinajstić information content (AvgIpc) is 1.60. The van der Waals surface area contributed by atoms with Crippen LogP contribution in [0.2, 0.25) is 0 Å². The van der Waals surface area contributed by atoms with Gasteiger partial charge < -0.3 is 9.13 Å². The van der Waals surface area contributed by atoms with Crippen LogP contribution < -0.4 is 0 Å². The number of hydrogen-bond donors (Lipinski definition) is 0. The number of fused-ring (bicyclic) bond motifs is 15. The van der Waals surface area contributed by atoms with Crippen molar-refractivity contribution in [2.75, 3.05) is 0 Å². The van der Waals surface area contributed by atoms with E-state index in [9.17, 15) is 0 Å². The normalized spacial score (nSPS) is 11.9. The van der Waals surface area contributed by atoms with Crippen LogP contribution in [0.15, 0.2) is 358 Å². The van der Waals surface area contributed by atoms with E-state index < -0.39 is 0 Å². The molecule has 7 aromatic heterocycles. The molecule has 0 unspecified atom stereocenters. The van der Waals surface area contributed by atoms with Crippen LogP contribution in [0.5, 0.6) is 0 Å². The largest absolute Gasteiger partial charge is 0.309 e. The van der Waals surface area contributed by atoms with Crippen LogP contribution in [0.3, 0.4) is 0 Å². The van der Waals surface area contributed by atoms with Gasteiger partial charge in [0.15, 0.2) is 11.6 Å². The molecular formula is C97H59N9S. The number of hydrogen-bond acceptors (Lipinski definition) is 6. The number of para-hydroxylation sites is 5. The van der Waals surface area contributed by atoms with E-state index in [4.69, 9.17) is 24.9 Å². The summed E-state index contributed by atoms with van der Waals surface area (Å²) in [4.78, 5) is 26.6. The Morgan fingerprint density at radius 1 is 0.215 bits per heavy atom. The quantitative estimate of drug-likeness (QED) is 0.129. The summed E-state index contributed by atoms with van der Waals surface area (Å²) in [5.41, 5.74) is 23.6. The van der Waals surface area contributed by atoms with Crippen LogP contribution in [-0.4, -0.2) is 43.2 Å². The molecule has 0 aliphatic carbocycles. The first-order valence-electron chi connectivity index (χ1n) is 36.1. The molecule has 0 bridgehead atoms. The standard InChI is InChI=1S/C97H59N9S/c1-3-20-60(21-4-1)62-22-17-24-68(54-62)94-100-95(102-97(101-94)106-87-38-15-10-31-75(87)82-59-67(45-51-91(82)106)64-42-48-88-79(56-64)72-28-7-12-35-84(72)103(88)70-26-5-2-6-27-70)69-25-18-23-63(55-69)61-40-46-71(47-41-61)104-85-36-13-8-29-73(85)80-57-65(43-49-89(80)104)66-44-50-90-81(58-66)74-30-9-14-37-86(74)105(90)96-98-53-52-83(99-96)78-34-19-33-77-76-32-11-16-39-92(76)107-93(77)78/h1-59H. The second-order valence-electron chi connectivity index (χ2n) is 27.6. The fourth-order valence-electron chi connectivity index (χ4n) is 16.6. The molecule has 0 aliphatic rings. The molecule has 0 saturated carbocycles. The van der Waals surface area contributed by atoms with Gasteiger partial charge in [-0.2, -0.15) is 9.97 Å². The Morgan fingerprint density at radius 3 is 1.10 bits per heavy atom. The topological polar surface area (TPSA) is 84.2 Å². The minimum Gasteiger partial charge on any atom is -0.309 e. The van der Waals surface area contributed by atoms with Gasteiger partial charge >= 0.3 is 0 Å². The van der Waals surface area contributed by atoms with E-state index in [1.54, 1.807) is 0 Å². The first-order chi connectivity index (χ1) is 53.0. The highest BCUT2D eigenvalue weighted by molar-refractivity contribution is 7.26. The molecule has 498 valence electrons. The molecule has 107 heavy (non-hydrogen) atoms. The number of thiophene rings is 1. The third-order valence-corrected chi connectivity index (χ3v) is 22.7. The molecule has 10 heteroatoms. The lowest BCUT2D eigenvalue weighted by atomic mass is 10.0. The van der Waals surface area contributed by atoms with E-state index in [0.717, 1.165) is 133 Å². The highest BCUT2D eigenvalue weighted by Crippen LogP contribution is 2.44. The van der Waals surface area contributed by atoms with Crippen molar-refractivity contribution in [3.05, 3.63) is 358 Å². The molecule has 0 spiro atoms. The fraction of sp³-hybridized carbons (Fsp3) is 0. The molecule has 0 aliphatic heterocycles. The van der Waals surface area contributed by atoms with E-state index in [2.05, 4.69) is 364 Å². The molecule has 0 amide bonds. The Kier molecular flexibility index (Phi) is 13.7. The van der Waals surface area contributed by atoms with Crippen LogP contribution in [0.4, 0.5) is 0 Å². The maximum absolute atomic E-state index is 5.48. The molecule has 0 atom stereocenters. The van der Waals surface area contributed by atoms with Crippen molar-refractivity contribution in [1.29, 1.82) is 0 Å². The average molecular weight is 1380 g/mol. The van der Waals surface area contributed by atoms with Crippen molar-refractivity contribution in [3.8, 4) is 102 Å². The first kappa shape index (κ1) is 60.4. The Labute approximate surface area is 617 Å². The van der Waals surface area contributed by atoms with Gasteiger partial charge in [-0.15, -0.1) is 11.3 Å². The maximum Gasteiger partial charge on any atom is 0.238 e. The zero-order valence-corrected chi connectivity index (χ0v) is 58.3. The van der Waals surface area contributed by atoms with Crippen molar-refractivity contribution >= 4 is 119 Å². The zero-order chi connectivity index (χ0) is 70.2. The van der Waals surface area contributed by atoms with Crippen molar-refractivity contribution in [2.45, 2.75) is 0 Å². The van der Waals surface area contributed by atoms with Gasteiger partial charge in [-0.1, -0.05) is 231 Å². The smallest absolute Gasteiger partial charge is 0.238 e. The highest BCUT2D eigenvalue weighted by Gasteiger charge is 2.23. The number of rotatable bonds is 11. The minimum absolute atomic E-state index is 0.535. The third-order valence-electron chi connectivity index (χ3n) is 21.5. The van der Waals surface area contributed by atoms with Crippen molar-refractivity contribution in [3.63, 3.8) is 0 Å². The summed E-state index contributed by atoms with van der Waals surface area (Å²) in [7, 11) is 0. The van der Waals surface area contributed by atoms with Gasteiger partial charge in [0.25, 0.3) is 0 Å². The summed E-state index contributed by atoms with van der Waals surface area (Å²) >= 11 is 1.82. The Morgan fingerprint density at radius 2 is 0.579 bits per heavy atom. The van der Waals surface area contributed by atoms with Crippen LogP contribution in [0, 0.1) is 0 Å². The van der Waals surface area contributed by atoms with E-state index in [0.29, 0.717) is 23.5 Å². The summed E-state index contributed by atoms with van der Waals surface area (Å²) in [6.07, 6.45) is 1.89. The molecule has 7 heterocycles. The van der Waals surface area contributed by atoms with Gasteiger partial charge in [0.1, 0.15) is 0 Å². The van der Waals surface area contributed by atoms with Gasteiger partial charge in [0.05, 0.1) is 49.8 Å². The van der Waals surface area contributed by atoms with E-state index in [-0.39, 0.29) is 0 Å². The zero-order valence-electron chi connectivity index (χ0n) is 57.5. The van der Waals surface area contributed by atoms with E-state index in [1.165, 1.54) is 52.8 Å². The number of benzene rings is 15. The predicted molar refractivity (Wildman–Crippen MR) is 444 cm³/mol. The molecule has 15 aromatic carbocycles. The number of aromatic nitrogens is 9. The van der Waals surface area contributed by atoms with Crippen LogP contribution in [-0.2, 0) is 0 Å². The monoisotopic (exact) mass is 1380 g/mol. The molecule has 22 aromatic rings. The molecule has 0 radical (unpaired) electrons. The van der Waals surface area contributed by atoms with Crippen LogP contribution >= 0.6 is 11.3 Å². The van der Waals surface area contributed by atoms with Gasteiger partial charge in [0, 0.05) is 97.5 Å². The van der Waals surface area contributed by atoms with Crippen molar-refractivity contribution < 1.29 is 0 Å². The minimum atomic E-state index is 0.535. The molecule has 0 saturated heterocycles. The summed E-state index contributed by atoms with van der Waals surface area (Å²) in [6, 6.07) is 126. The second kappa shape index (κ2) is 24.2. The van der Waals surface area contributed by atoms with Crippen LogP contribution in [0.1, 0.15) is 0 Å². The first-order valence-corrected chi connectivity index (χ1v) is 36.9. The maximum atomic E-state index is 5.48. The summed E-state index contributed by atoms with van der Waals surface area (Å²) < 4.78 is 11.7. The SMILES string of the molecule is c1ccc(-c2cccc(-c3nc(-c4cccc(-c5ccc(-n6c7ccccc7c7cc(-c8ccc9c(c8)c8ccccc8n9-c8nccc(-c9cccc%10c9sc9ccccc9%10)n8)ccc76)cc5)c4)nc(-n4c5ccccc5c5cc(-c6ccc7c(c6)c6ccccc6n7-c6ccccc6)ccc54)n3)c2)cc1. The van der Waals surface area contributed by atoms with Crippen LogP contribution in [0.25, 0.3) is 209 Å². The van der Waals surface area contributed by atoms with Crippen molar-refractivity contribution in [1.82, 2.24) is 43.2 Å².